The van der Waals surface area contributed by atoms with Gasteiger partial charge in [-0.15, -0.1) is 0 Å². The van der Waals surface area contributed by atoms with Crippen molar-refractivity contribution in [3.8, 4) is 0 Å². The van der Waals surface area contributed by atoms with Crippen molar-refractivity contribution in [2.75, 3.05) is 21.3 Å². The molecular weight excluding hydrogens is 506 g/mol. The van der Waals surface area contributed by atoms with Gasteiger partial charge in [-0.25, -0.2) is 24.9 Å². The smallest absolute Gasteiger partial charge is 0.133 e. The van der Waals surface area contributed by atoms with E-state index in [-0.39, 0.29) is 0 Å². The highest BCUT2D eigenvalue weighted by Gasteiger charge is 2.05. The van der Waals surface area contributed by atoms with E-state index in [2.05, 4.69) is 62.1 Å². The van der Waals surface area contributed by atoms with E-state index >= 15 is 0 Å². The zero-order chi connectivity index (χ0) is 23.9. The van der Waals surface area contributed by atoms with Gasteiger partial charge in [-0.3, -0.25) is 0 Å². The highest BCUT2D eigenvalue weighted by atomic mass is 79.9. The average Bonchev–Trinajstić information content (AvgIpc) is 2.85. The summed E-state index contributed by atoms with van der Waals surface area (Å²) in [4.78, 5) is 22.4. The van der Waals surface area contributed by atoms with Crippen molar-refractivity contribution >= 4 is 62.5 Å². The zero-order valence-corrected chi connectivity index (χ0v) is 19.9. The van der Waals surface area contributed by atoms with Crippen LogP contribution in [0.4, 0.5) is 46.5 Å². The Morgan fingerprint density at radius 3 is 1.17 bits per heavy atom. The molecule has 5 aromatic heterocycles. The first-order valence-electron chi connectivity index (χ1n) is 10.7. The van der Waals surface area contributed by atoms with E-state index in [0.717, 1.165) is 10.4 Å². The van der Waals surface area contributed by atoms with Crippen molar-refractivity contribution in [2.24, 2.45) is 0 Å². The molecule has 0 fully saturated rings. The molecule has 5 rings (SSSR count). The van der Waals surface area contributed by atoms with Crippen LogP contribution in [0.1, 0.15) is 0 Å². The third-order valence-corrected chi connectivity index (χ3v) is 5.09. The number of rotatable bonds is 8. The highest BCUT2D eigenvalue weighted by molar-refractivity contribution is 9.10. The standard InChI is InChI=1S/C25H20BrN9/c26-17-7-3-9-19(28-17)30-21-11-5-13-23(32-21)34-25-15-6-14-24(35-25)33-22-12-4-10-20(31-22)29-18-8-1-2-16-27-18/h1-16H,(H4,27,28,29,30,31,32,33,34,35). The third-order valence-electron chi connectivity index (χ3n) is 4.65. The molecule has 5 aromatic rings. The Labute approximate surface area is 210 Å². The van der Waals surface area contributed by atoms with Gasteiger partial charge in [0, 0.05) is 6.20 Å². The normalized spacial score (nSPS) is 10.4. The molecule has 4 N–H and O–H groups in total. The largest absolute Gasteiger partial charge is 0.325 e. The van der Waals surface area contributed by atoms with Gasteiger partial charge in [0.2, 0.25) is 0 Å². The molecule has 0 amide bonds. The van der Waals surface area contributed by atoms with Crippen LogP contribution in [0.5, 0.6) is 0 Å². The number of hydrogen-bond acceptors (Lipinski definition) is 9. The lowest BCUT2D eigenvalue weighted by molar-refractivity contribution is 1.21. The van der Waals surface area contributed by atoms with Crippen LogP contribution in [0.25, 0.3) is 0 Å². The van der Waals surface area contributed by atoms with E-state index in [9.17, 15) is 0 Å². The van der Waals surface area contributed by atoms with Gasteiger partial charge in [-0.1, -0.05) is 30.3 Å². The van der Waals surface area contributed by atoms with Crippen LogP contribution in [0.3, 0.4) is 0 Å². The molecule has 5 heterocycles. The molecule has 0 aliphatic heterocycles. The van der Waals surface area contributed by atoms with Gasteiger partial charge in [-0.05, 0) is 76.6 Å². The molecule has 9 nitrogen and oxygen atoms in total. The monoisotopic (exact) mass is 525 g/mol. The summed E-state index contributed by atoms with van der Waals surface area (Å²) < 4.78 is 0.748. The van der Waals surface area contributed by atoms with E-state index in [1.54, 1.807) is 6.20 Å². The fourth-order valence-electron chi connectivity index (χ4n) is 3.16. The summed E-state index contributed by atoms with van der Waals surface area (Å²) in [6.45, 7) is 0. The van der Waals surface area contributed by atoms with Crippen LogP contribution in [0, 0.1) is 0 Å². The molecule has 0 saturated carbocycles. The fraction of sp³-hybridized carbons (Fsp3) is 0. The quantitative estimate of drug-likeness (QED) is 0.171. The molecule has 0 unspecified atom stereocenters. The Balaban J connectivity index is 1.26. The van der Waals surface area contributed by atoms with E-state index < -0.39 is 0 Å². The maximum atomic E-state index is 4.63. The van der Waals surface area contributed by atoms with Crippen LogP contribution >= 0.6 is 15.9 Å². The minimum Gasteiger partial charge on any atom is -0.325 e. The van der Waals surface area contributed by atoms with E-state index in [1.165, 1.54) is 0 Å². The lowest BCUT2D eigenvalue weighted by atomic mass is 10.4. The third kappa shape index (κ3) is 6.27. The second-order valence-electron chi connectivity index (χ2n) is 7.28. The van der Waals surface area contributed by atoms with Gasteiger partial charge in [0.1, 0.15) is 51.1 Å². The Bertz CT molecular complexity index is 1430. The molecule has 0 aliphatic carbocycles. The van der Waals surface area contributed by atoms with Crippen molar-refractivity contribution in [1.82, 2.24) is 24.9 Å². The number of pyridine rings is 5. The van der Waals surface area contributed by atoms with Gasteiger partial charge in [-0.2, -0.15) is 0 Å². The van der Waals surface area contributed by atoms with Crippen LogP contribution in [-0.2, 0) is 0 Å². The maximum absolute atomic E-state index is 4.63. The van der Waals surface area contributed by atoms with Gasteiger partial charge in [0.25, 0.3) is 0 Å². The Morgan fingerprint density at radius 2 is 0.771 bits per heavy atom. The topological polar surface area (TPSA) is 113 Å². The SMILES string of the molecule is Brc1cccc(Nc2cccc(Nc3cccc(Nc4cccc(Nc5ccccn5)n4)n3)n2)n1. The summed E-state index contributed by atoms with van der Waals surface area (Å²) in [6, 6.07) is 28.3. The van der Waals surface area contributed by atoms with Crippen molar-refractivity contribution in [3.05, 3.63) is 102 Å². The van der Waals surface area contributed by atoms with E-state index in [4.69, 9.17) is 0 Å². The molecule has 35 heavy (non-hydrogen) atoms. The maximum Gasteiger partial charge on any atom is 0.133 e. The van der Waals surface area contributed by atoms with Crippen LogP contribution in [0.15, 0.2) is 102 Å². The molecule has 0 spiro atoms. The van der Waals surface area contributed by atoms with Gasteiger partial charge < -0.3 is 21.3 Å². The fourth-order valence-corrected chi connectivity index (χ4v) is 3.50. The van der Waals surface area contributed by atoms with Crippen molar-refractivity contribution in [1.29, 1.82) is 0 Å². The molecule has 172 valence electrons. The molecule has 0 aromatic carbocycles. The molecular formula is C25H20BrN9. The predicted molar refractivity (Wildman–Crippen MR) is 142 cm³/mol. The van der Waals surface area contributed by atoms with Crippen LogP contribution in [-0.4, -0.2) is 24.9 Å². The molecule has 0 atom stereocenters. The molecule has 0 radical (unpaired) electrons. The van der Waals surface area contributed by atoms with Crippen LogP contribution in [0.2, 0.25) is 0 Å². The van der Waals surface area contributed by atoms with Gasteiger partial charge in [0.05, 0.1) is 0 Å². The van der Waals surface area contributed by atoms with Crippen molar-refractivity contribution < 1.29 is 0 Å². The molecule has 0 saturated heterocycles. The summed E-state index contributed by atoms with van der Waals surface area (Å²) in [5.74, 6) is 5.35. The number of nitrogens with one attached hydrogen (secondary N) is 4. The first-order chi connectivity index (χ1) is 17.2. The second kappa shape index (κ2) is 10.6. The van der Waals surface area contributed by atoms with E-state index in [0.29, 0.717) is 40.7 Å². The summed E-state index contributed by atoms with van der Waals surface area (Å²) in [7, 11) is 0. The lowest BCUT2D eigenvalue weighted by Crippen LogP contribution is -2.02. The number of nitrogens with zero attached hydrogens (tertiary/aromatic N) is 5. The summed E-state index contributed by atoms with van der Waals surface area (Å²) in [5.41, 5.74) is 0. The van der Waals surface area contributed by atoms with Crippen molar-refractivity contribution in [2.45, 2.75) is 0 Å². The Hall–Kier alpha value is -4.57. The second-order valence-corrected chi connectivity index (χ2v) is 8.10. The molecule has 0 bridgehead atoms. The zero-order valence-electron chi connectivity index (χ0n) is 18.4. The summed E-state index contributed by atoms with van der Waals surface area (Å²) in [6.07, 6.45) is 1.73. The lowest BCUT2D eigenvalue weighted by Gasteiger charge is -2.11. The number of hydrogen-bond donors (Lipinski definition) is 4. The van der Waals surface area contributed by atoms with Gasteiger partial charge in [0.15, 0.2) is 0 Å². The Kier molecular flexibility index (Phi) is 6.72. The number of aromatic nitrogens is 5. The highest BCUT2D eigenvalue weighted by Crippen LogP contribution is 2.21. The summed E-state index contributed by atoms with van der Waals surface area (Å²) >= 11 is 3.37. The first-order valence-corrected chi connectivity index (χ1v) is 11.5. The van der Waals surface area contributed by atoms with Crippen molar-refractivity contribution in [3.63, 3.8) is 0 Å². The predicted octanol–water partition coefficient (Wildman–Crippen LogP) is 6.40. The van der Waals surface area contributed by atoms with Gasteiger partial charge >= 0.3 is 0 Å². The first kappa shape index (κ1) is 22.2. The molecule has 0 aliphatic rings. The summed E-state index contributed by atoms with van der Waals surface area (Å²) in [5, 5.41) is 12.9. The number of halogens is 1. The Morgan fingerprint density at radius 1 is 0.400 bits per heavy atom. The average molecular weight is 526 g/mol. The number of anilines is 8. The molecule has 10 heteroatoms. The van der Waals surface area contributed by atoms with E-state index in [1.807, 2.05) is 91.0 Å². The minimum atomic E-state index is 0.642. The minimum absolute atomic E-state index is 0.642. The van der Waals surface area contributed by atoms with Crippen LogP contribution < -0.4 is 21.3 Å².